The third-order valence-electron chi connectivity index (χ3n) is 4.63. The summed E-state index contributed by atoms with van der Waals surface area (Å²) in [7, 11) is 0. The topological polar surface area (TPSA) is 18.5 Å². The molecule has 0 radical (unpaired) electrons. The molecule has 0 unspecified atom stereocenters. The van der Waals surface area contributed by atoms with E-state index in [1.807, 2.05) is 18.2 Å². The maximum absolute atomic E-state index is 5.87. The van der Waals surface area contributed by atoms with E-state index in [0.717, 1.165) is 43.1 Å². The maximum Gasteiger partial charge on any atom is 0.135 e. The Balaban J connectivity index is 2.25. The van der Waals surface area contributed by atoms with Crippen LogP contribution in [-0.4, -0.2) is 13.2 Å². The van der Waals surface area contributed by atoms with Gasteiger partial charge >= 0.3 is 0 Å². The molecule has 0 aliphatic carbocycles. The van der Waals surface area contributed by atoms with Crippen molar-refractivity contribution >= 4 is 0 Å². The Morgan fingerprint density at radius 2 is 1.27 bits per heavy atom. The van der Waals surface area contributed by atoms with Crippen molar-refractivity contribution in [2.75, 3.05) is 13.2 Å². The fourth-order valence-electron chi connectivity index (χ4n) is 2.97. The van der Waals surface area contributed by atoms with Crippen molar-refractivity contribution < 1.29 is 9.47 Å². The van der Waals surface area contributed by atoms with Crippen LogP contribution in [0.5, 0.6) is 11.5 Å². The maximum atomic E-state index is 5.87. The second-order valence-corrected chi connectivity index (χ2v) is 7.03. The molecule has 0 atom stereocenters. The summed E-state index contributed by atoms with van der Waals surface area (Å²) in [5, 5.41) is 0. The van der Waals surface area contributed by atoms with Gasteiger partial charge in [0.25, 0.3) is 0 Å². The van der Waals surface area contributed by atoms with Crippen LogP contribution in [0, 0.1) is 12.3 Å². The van der Waals surface area contributed by atoms with Gasteiger partial charge in [0.05, 0.1) is 18.8 Å². The summed E-state index contributed by atoms with van der Waals surface area (Å²) in [6, 6.07) is 5.84. The SMILES string of the molecule is C#Cc1cc(OCCCCCCCC)ccc1OCCCCCCCC. The first kappa shape index (κ1) is 22.4. The summed E-state index contributed by atoms with van der Waals surface area (Å²) in [6.07, 6.45) is 20.8. The van der Waals surface area contributed by atoms with E-state index in [0.29, 0.717) is 0 Å². The summed E-state index contributed by atoms with van der Waals surface area (Å²) in [4.78, 5) is 0. The molecule has 0 bridgehead atoms. The van der Waals surface area contributed by atoms with Gasteiger partial charge in [-0.15, -0.1) is 6.42 Å². The van der Waals surface area contributed by atoms with Gasteiger partial charge in [0.15, 0.2) is 0 Å². The minimum atomic E-state index is 0.735. The lowest BCUT2D eigenvalue weighted by atomic mass is 10.1. The van der Waals surface area contributed by atoms with E-state index in [-0.39, 0.29) is 0 Å². The third kappa shape index (κ3) is 10.4. The van der Waals surface area contributed by atoms with Crippen molar-refractivity contribution in [1.29, 1.82) is 0 Å². The zero-order valence-electron chi connectivity index (χ0n) is 17.0. The van der Waals surface area contributed by atoms with Crippen LogP contribution in [0.25, 0.3) is 0 Å². The highest BCUT2D eigenvalue weighted by Gasteiger charge is 2.04. The summed E-state index contributed by atoms with van der Waals surface area (Å²) < 4.78 is 11.7. The number of rotatable bonds is 16. The highest BCUT2D eigenvalue weighted by atomic mass is 16.5. The zero-order valence-corrected chi connectivity index (χ0v) is 17.0. The minimum absolute atomic E-state index is 0.735. The highest BCUT2D eigenvalue weighted by Crippen LogP contribution is 2.24. The monoisotopic (exact) mass is 358 g/mol. The molecule has 0 aromatic heterocycles. The van der Waals surface area contributed by atoms with Crippen LogP contribution in [0.15, 0.2) is 18.2 Å². The van der Waals surface area contributed by atoms with Crippen molar-refractivity contribution in [1.82, 2.24) is 0 Å². The second-order valence-electron chi connectivity index (χ2n) is 7.03. The predicted octanol–water partition coefficient (Wildman–Crippen LogP) is 7.15. The molecule has 0 fully saturated rings. The Hall–Kier alpha value is -1.62. The molecule has 1 aromatic carbocycles. The van der Waals surface area contributed by atoms with Gasteiger partial charge in [0.2, 0.25) is 0 Å². The molecule has 0 spiro atoms. The first-order valence-corrected chi connectivity index (χ1v) is 10.7. The van der Waals surface area contributed by atoms with Crippen LogP contribution in [0.1, 0.15) is 96.5 Å². The van der Waals surface area contributed by atoms with Gasteiger partial charge in [-0.2, -0.15) is 0 Å². The molecule has 0 amide bonds. The third-order valence-corrected chi connectivity index (χ3v) is 4.63. The van der Waals surface area contributed by atoms with Gasteiger partial charge in [0.1, 0.15) is 11.5 Å². The van der Waals surface area contributed by atoms with Crippen molar-refractivity contribution in [3.05, 3.63) is 23.8 Å². The standard InChI is InChI=1S/C24H38O2/c1-4-7-9-11-13-15-19-25-23-17-18-24(22(6-3)21-23)26-20-16-14-12-10-8-5-2/h3,17-18,21H,4-5,7-16,19-20H2,1-2H3. The Kier molecular flexibility index (Phi) is 13.5. The van der Waals surface area contributed by atoms with Gasteiger partial charge in [-0.3, -0.25) is 0 Å². The number of terminal acetylenes is 1. The summed E-state index contributed by atoms with van der Waals surface area (Å²) >= 11 is 0. The smallest absolute Gasteiger partial charge is 0.135 e. The van der Waals surface area contributed by atoms with E-state index in [4.69, 9.17) is 15.9 Å². The van der Waals surface area contributed by atoms with Crippen LogP contribution in [0.2, 0.25) is 0 Å². The minimum Gasteiger partial charge on any atom is -0.494 e. The summed E-state index contributed by atoms with van der Waals surface area (Å²) in [5.41, 5.74) is 0.788. The van der Waals surface area contributed by atoms with E-state index in [2.05, 4.69) is 19.8 Å². The lowest BCUT2D eigenvalue weighted by Crippen LogP contribution is -2.01. The van der Waals surface area contributed by atoms with Gasteiger partial charge in [-0.05, 0) is 31.0 Å². The van der Waals surface area contributed by atoms with Crippen LogP contribution in [0.4, 0.5) is 0 Å². The van der Waals surface area contributed by atoms with Gasteiger partial charge in [0, 0.05) is 0 Å². The van der Waals surface area contributed by atoms with Crippen LogP contribution in [0.3, 0.4) is 0 Å². The number of unbranched alkanes of at least 4 members (excludes halogenated alkanes) is 10. The molecule has 1 aromatic rings. The molecule has 0 N–H and O–H groups in total. The van der Waals surface area contributed by atoms with Gasteiger partial charge in [-0.1, -0.05) is 84.0 Å². The number of hydrogen-bond acceptors (Lipinski definition) is 2. The van der Waals surface area contributed by atoms with Crippen LogP contribution >= 0.6 is 0 Å². The fourth-order valence-corrected chi connectivity index (χ4v) is 2.97. The summed E-state index contributed by atoms with van der Waals surface area (Å²) in [6.45, 7) is 5.98. The number of benzene rings is 1. The first-order valence-electron chi connectivity index (χ1n) is 10.7. The molecule has 0 saturated carbocycles. The lowest BCUT2D eigenvalue weighted by molar-refractivity contribution is 0.295. The molecule has 26 heavy (non-hydrogen) atoms. The van der Waals surface area contributed by atoms with E-state index in [9.17, 15) is 0 Å². The number of hydrogen-bond donors (Lipinski definition) is 0. The molecule has 146 valence electrons. The van der Waals surface area contributed by atoms with Crippen molar-refractivity contribution in [2.45, 2.75) is 90.9 Å². The Morgan fingerprint density at radius 1 is 0.731 bits per heavy atom. The van der Waals surface area contributed by atoms with Crippen molar-refractivity contribution in [2.24, 2.45) is 0 Å². The Labute approximate surface area is 161 Å². The molecule has 0 heterocycles. The number of ether oxygens (including phenoxy) is 2. The Morgan fingerprint density at radius 3 is 1.85 bits per heavy atom. The van der Waals surface area contributed by atoms with Crippen LogP contribution in [-0.2, 0) is 0 Å². The van der Waals surface area contributed by atoms with E-state index in [1.165, 1.54) is 64.2 Å². The average Bonchev–Trinajstić information content (AvgIpc) is 2.67. The molecule has 0 aliphatic rings. The molecular formula is C24H38O2. The van der Waals surface area contributed by atoms with Crippen molar-refractivity contribution in [3.8, 4) is 23.8 Å². The van der Waals surface area contributed by atoms with Gasteiger partial charge in [-0.25, -0.2) is 0 Å². The van der Waals surface area contributed by atoms with E-state index in [1.54, 1.807) is 0 Å². The highest BCUT2D eigenvalue weighted by molar-refractivity contribution is 5.49. The molecule has 0 aliphatic heterocycles. The van der Waals surface area contributed by atoms with Crippen LogP contribution < -0.4 is 9.47 Å². The molecule has 1 rings (SSSR count). The summed E-state index contributed by atoms with van der Waals surface area (Å²) in [5.74, 6) is 4.37. The fraction of sp³-hybridized carbons (Fsp3) is 0.667. The average molecular weight is 359 g/mol. The molecular weight excluding hydrogens is 320 g/mol. The predicted molar refractivity (Wildman–Crippen MR) is 112 cm³/mol. The molecule has 2 nitrogen and oxygen atoms in total. The largest absolute Gasteiger partial charge is 0.494 e. The van der Waals surface area contributed by atoms with Gasteiger partial charge < -0.3 is 9.47 Å². The quantitative estimate of drug-likeness (QED) is 0.231. The molecule has 2 heteroatoms. The lowest BCUT2D eigenvalue weighted by Gasteiger charge is -2.11. The van der Waals surface area contributed by atoms with E-state index < -0.39 is 0 Å². The normalized spacial score (nSPS) is 10.5. The van der Waals surface area contributed by atoms with E-state index >= 15 is 0 Å². The first-order chi connectivity index (χ1) is 12.8. The zero-order chi connectivity index (χ0) is 18.9. The Bertz CT molecular complexity index is 501. The van der Waals surface area contributed by atoms with Crippen molar-refractivity contribution in [3.63, 3.8) is 0 Å². The second kappa shape index (κ2) is 15.6. The molecule has 0 saturated heterocycles.